The molecule has 0 aliphatic heterocycles. The van der Waals surface area contributed by atoms with E-state index in [9.17, 15) is 9.18 Å². The second kappa shape index (κ2) is 5.37. The third kappa shape index (κ3) is 3.11. The number of aromatic nitrogens is 2. The number of halogens is 1. The molecule has 0 bridgehead atoms. The van der Waals surface area contributed by atoms with E-state index >= 15 is 0 Å². The van der Waals surface area contributed by atoms with E-state index in [0.29, 0.717) is 17.3 Å². The normalized spacial score (nSPS) is 10.5. The highest BCUT2D eigenvalue weighted by molar-refractivity contribution is 5.75. The zero-order chi connectivity index (χ0) is 13.0. The lowest BCUT2D eigenvalue weighted by atomic mass is 10.2. The van der Waals surface area contributed by atoms with Gasteiger partial charge in [0, 0.05) is 5.56 Å². The van der Waals surface area contributed by atoms with Crippen molar-refractivity contribution in [2.45, 2.75) is 6.54 Å². The molecule has 18 heavy (non-hydrogen) atoms. The monoisotopic (exact) mass is 250 g/mol. The van der Waals surface area contributed by atoms with E-state index in [2.05, 4.69) is 15.5 Å². The van der Waals surface area contributed by atoms with Gasteiger partial charge in [-0.3, -0.25) is 10.1 Å². The van der Waals surface area contributed by atoms with E-state index in [1.54, 1.807) is 12.1 Å². The van der Waals surface area contributed by atoms with E-state index < -0.39 is 5.91 Å². The minimum absolute atomic E-state index is 0.0360. The van der Waals surface area contributed by atoms with Gasteiger partial charge in [-0.2, -0.15) is 4.98 Å². The number of benzene rings is 1. The standard InChI is InChI=1S/C11H11FN4O2/c12-8-3-1-7(2-4-8)11-15-10(18-16-11)6-14-5-9(13)17/h1-4,14H,5-6H2,(H2,13,17). The largest absolute Gasteiger partial charge is 0.369 e. The van der Waals surface area contributed by atoms with Gasteiger partial charge < -0.3 is 10.3 Å². The molecule has 94 valence electrons. The Bertz CT molecular complexity index is 538. The van der Waals surface area contributed by atoms with Crippen LogP contribution in [0, 0.1) is 5.82 Å². The Balaban J connectivity index is 2.01. The SMILES string of the molecule is NC(=O)CNCc1nc(-c2ccc(F)cc2)no1. The van der Waals surface area contributed by atoms with Gasteiger partial charge >= 0.3 is 0 Å². The molecule has 1 heterocycles. The van der Waals surface area contributed by atoms with E-state index in [0.717, 1.165) is 0 Å². The molecule has 1 aromatic carbocycles. The average Bonchev–Trinajstić information content (AvgIpc) is 2.78. The van der Waals surface area contributed by atoms with Crippen LogP contribution in [-0.4, -0.2) is 22.6 Å². The lowest BCUT2D eigenvalue weighted by molar-refractivity contribution is -0.117. The number of nitrogens with zero attached hydrogens (tertiary/aromatic N) is 2. The van der Waals surface area contributed by atoms with Gasteiger partial charge in [0.25, 0.3) is 0 Å². The van der Waals surface area contributed by atoms with E-state index in [4.69, 9.17) is 10.3 Å². The minimum Gasteiger partial charge on any atom is -0.369 e. The summed E-state index contributed by atoms with van der Waals surface area (Å²) >= 11 is 0. The van der Waals surface area contributed by atoms with Crippen molar-refractivity contribution < 1.29 is 13.7 Å². The molecule has 3 N–H and O–H groups in total. The Morgan fingerprint density at radius 1 is 1.39 bits per heavy atom. The van der Waals surface area contributed by atoms with Crippen molar-refractivity contribution in [2.24, 2.45) is 5.73 Å². The second-order valence-electron chi connectivity index (χ2n) is 3.59. The fourth-order valence-electron chi connectivity index (χ4n) is 1.34. The van der Waals surface area contributed by atoms with Crippen LogP contribution in [0.3, 0.4) is 0 Å². The Morgan fingerprint density at radius 2 is 2.11 bits per heavy atom. The Hall–Kier alpha value is -2.28. The molecule has 0 unspecified atom stereocenters. The molecule has 0 spiro atoms. The van der Waals surface area contributed by atoms with Crippen molar-refractivity contribution in [3.8, 4) is 11.4 Å². The van der Waals surface area contributed by atoms with Crippen molar-refractivity contribution in [1.82, 2.24) is 15.5 Å². The molecule has 0 aliphatic rings. The summed E-state index contributed by atoms with van der Waals surface area (Å²) in [5.41, 5.74) is 5.62. The number of hydrogen-bond donors (Lipinski definition) is 2. The topological polar surface area (TPSA) is 94.0 Å². The molecular weight excluding hydrogens is 239 g/mol. The predicted octanol–water partition coefficient (Wildman–Crippen LogP) is 0.451. The number of carbonyl (C=O) groups is 1. The molecular formula is C11H11FN4O2. The maximum Gasteiger partial charge on any atom is 0.240 e. The van der Waals surface area contributed by atoms with Crippen LogP contribution < -0.4 is 11.1 Å². The molecule has 1 amide bonds. The Labute approximate surface area is 102 Å². The van der Waals surface area contributed by atoms with E-state index in [-0.39, 0.29) is 18.9 Å². The molecule has 1 aromatic heterocycles. The number of amides is 1. The molecule has 0 radical (unpaired) electrons. The van der Waals surface area contributed by atoms with Crippen LogP contribution in [0.25, 0.3) is 11.4 Å². The van der Waals surface area contributed by atoms with E-state index in [1.807, 2.05) is 0 Å². The van der Waals surface area contributed by atoms with Crippen LogP contribution in [0.15, 0.2) is 28.8 Å². The maximum absolute atomic E-state index is 12.7. The summed E-state index contributed by atoms with van der Waals surface area (Å²) in [5, 5.41) is 6.49. The first kappa shape index (κ1) is 12.2. The van der Waals surface area contributed by atoms with Crippen molar-refractivity contribution >= 4 is 5.91 Å². The van der Waals surface area contributed by atoms with Crippen LogP contribution in [-0.2, 0) is 11.3 Å². The molecule has 2 rings (SSSR count). The molecule has 2 aromatic rings. The molecule has 0 atom stereocenters. The van der Waals surface area contributed by atoms with Crippen LogP contribution in [0.4, 0.5) is 4.39 Å². The molecule has 6 nitrogen and oxygen atoms in total. The zero-order valence-corrected chi connectivity index (χ0v) is 9.39. The zero-order valence-electron chi connectivity index (χ0n) is 9.39. The van der Waals surface area contributed by atoms with Crippen molar-refractivity contribution in [1.29, 1.82) is 0 Å². The summed E-state index contributed by atoms with van der Waals surface area (Å²) in [6, 6.07) is 5.75. The van der Waals surface area contributed by atoms with Gasteiger partial charge in [-0.25, -0.2) is 4.39 Å². The third-order valence-electron chi connectivity index (χ3n) is 2.15. The maximum atomic E-state index is 12.7. The Kier molecular flexibility index (Phi) is 3.63. The summed E-state index contributed by atoms with van der Waals surface area (Å²) in [6.07, 6.45) is 0. The highest BCUT2D eigenvalue weighted by atomic mass is 19.1. The number of carbonyl (C=O) groups excluding carboxylic acids is 1. The minimum atomic E-state index is -0.465. The van der Waals surface area contributed by atoms with Crippen molar-refractivity contribution in [3.63, 3.8) is 0 Å². The first-order valence-corrected chi connectivity index (χ1v) is 5.22. The number of nitrogens with one attached hydrogen (secondary N) is 1. The van der Waals surface area contributed by atoms with Gasteiger partial charge in [-0.05, 0) is 24.3 Å². The number of hydrogen-bond acceptors (Lipinski definition) is 5. The molecule has 0 aliphatic carbocycles. The fourth-order valence-corrected chi connectivity index (χ4v) is 1.34. The number of rotatable bonds is 5. The van der Waals surface area contributed by atoms with Crippen LogP contribution >= 0.6 is 0 Å². The quantitative estimate of drug-likeness (QED) is 0.803. The van der Waals surface area contributed by atoms with Gasteiger partial charge in [0.05, 0.1) is 13.1 Å². The van der Waals surface area contributed by atoms with Crippen LogP contribution in [0.2, 0.25) is 0 Å². The number of nitrogens with two attached hydrogens (primary N) is 1. The molecule has 0 fully saturated rings. The molecule has 7 heteroatoms. The van der Waals surface area contributed by atoms with Crippen LogP contribution in [0.1, 0.15) is 5.89 Å². The smallest absolute Gasteiger partial charge is 0.240 e. The van der Waals surface area contributed by atoms with Gasteiger partial charge in [-0.1, -0.05) is 5.16 Å². The van der Waals surface area contributed by atoms with Gasteiger partial charge in [0.15, 0.2) is 0 Å². The first-order chi connectivity index (χ1) is 8.65. The molecule has 0 saturated heterocycles. The van der Waals surface area contributed by atoms with Crippen molar-refractivity contribution in [3.05, 3.63) is 36.0 Å². The number of primary amides is 1. The molecule has 0 saturated carbocycles. The third-order valence-corrected chi connectivity index (χ3v) is 2.15. The van der Waals surface area contributed by atoms with Gasteiger partial charge in [0.1, 0.15) is 5.82 Å². The Morgan fingerprint density at radius 3 is 2.78 bits per heavy atom. The lowest BCUT2D eigenvalue weighted by Gasteiger charge is -1.95. The van der Waals surface area contributed by atoms with Gasteiger partial charge in [0.2, 0.25) is 17.6 Å². The second-order valence-corrected chi connectivity index (χ2v) is 3.59. The summed E-state index contributed by atoms with van der Waals surface area (Å²) in [5.74, 6) is -0.0969. The van der Waals surface area contributed by atoms with Gasteiger partial charge in [-0.15, -0.1) is 0 Å². The fraction of sp³-hybridized carbons (Fsp3) is 0.182. The average molecular weight is 250 g/mol. The highest BCUT2D eigenvalue weighted by Gasteiger charge is 2.08. The predicted molar refractivity (Wildman–Crippen MR) is 60.6 cm³/mol. The van der Waals surface area contributed by atoms with Crippen LogP contribution in [0.5, 0.6) is 0 Å². The lowest BCUT2D eigenvalue weighted by Crippen LogP contribution is -2.28. The summed E-state index contributed by atoms with van der Waals surface area (Å²) in [6.45, 7) is 0.283. The summed E-state index contributed by atoms with van der Waals surface area (Å²) in [4.78, 5) is 14.6. The van der Waals surface area contributed by atoms with Crippen molar-refractivity contribution in [2.75, 3.05) is 6.54 Å². The summed E-state index contributed by atoms with van der Waals surface area (Å²) in [7, 11) is 0. The van der Waals surface area contributed by atoms with E-state index in [1.165, 1.54) is 12.1 Å². The summed E-state index contributed by atoms with van der Waals surface area (Å²) < 4.78 is 17.7. The first-order valence-electron chi connectivity index (χ1n) is 5.22. The highest BCUT2D eigenvalue weighted by Crippen LogP contribution is 2.15.